The highest BCUT2D eigenvalue weighted by molar-refractivity contribution is 9.10. The predicted octanol–water partition coefficient (Wildman–Crippen LogP) is 5.03. The van der Waals surface area contributed by atoms with Crippen LogP contribution in [-0.2, 0) is 12.6 Å². The van der Waals surface area contributed by atoms with Crippen LogP contribution in [0.5, 0.6) is 0 Å². The van der Waals surface area contributed by atoms with Crippen LogP contribution < -0.4 is 0 Å². The van der Waals surface area contributed by atoms with E-state index in [4.69, 9.17) is 0 Å². The second-order valence-electron chi connectivity index (χ2n) is 4.42. The van der Waals surface area contributed by atoms with Gasteiger partial charge in [-0.15, -0.1) is 0 Å². The summed E-state index contributed by atoms with van der Waals surface area (Å²) in [7, 11) is 0. The zero-order valence-corrected chi connectivity index (χ0v) is 12.1. The Morgan fingerprint density at radius 3 is 2.38 bits per heavy atom. The Bertz CT molecular complexity index is 680. The summed E-state index contributed by atoms with van der Waals surface area (Å²) in [6.45, 7) is 0. The van der Waals surface area contributed by atoms with E-state index >= 15 is 0 Å². The van der Waals surface area contributed by atoms with E-state index in [-0.39, 0.29) is 12.0 Å². The minimum absolute atomic E-state index is 0.00968. The normalized spacial score (nSPS) is 11.5. The van der Waals surface area contributed by atoms with Crippen molar-refractivity contribution in [2.24, 2.45) is 0 Å². The smallest absolute Gasteiger partial charge is 0.294 e. The van der Waals surface area contributed by atoms with Crippen molar-refractivity contribution in [3.63, 3.8) is 0 Å². The molecular weight excluding hydrogens is 352 g/mol. The zero-order valence-electron chi connectivity index (χ0n) is 10.5. The summed E-state index contributed by atoms with van der Waals surface area (Å²) in [5.74, 6) is -1.89. The Labute approximate surface area is 126 Å². The highest BCUT2D eigenvalue weighted by Crippen LogP contribution is 2.31. The van der Waals surface area contributed by atoms with Gasteiger partial charge < -0.3 is 0 Å². The number of rotatable bonds is 3. The van der Waals surface area contributed by atoms with E-state index in [9.17, 15) is 22.4 Å². The first kappa shape index (κ1) is 15.7. The van der Waals surface area contributed by atoms with Crippen LogP contribution in [0.4, 0.5) is 17.6 Å². The SMILES string of the molecule is O=C(Cc1cccc(Br)c1)c1ccc(C(F)(F)F)c(F)c1. The zero-order chi connectivity index (χ0) is 15.6. The van der Waals surface area contributed by atoms with Crippen LogP contribution in [0, 0.1) is 5.82 Å². The van der Waals surface area contributed by atoms with Gasteiger partial charge in [0.15, 0.2) is 5.78 Å². The molecule has 0 aliphatic rings. The van der Waals surface area contributed by atoms with E-state index in [1.807, 2.05) is 0 Å². The molecule has 0 heterocycles. The van der Waals surface area contributed by atoms with Crippen LogP contribution in [0.2, 0.25) is 0 Å². The molecule has 0 unspecified atom stereocenters. The molecule has 2 aromatic carbocycles. The number of benzene rings is 2. The molecule has 0 amide bonds. The number of carbonyl (C=O) groups is 1. The van der Waals surface area contributed by atoms with Crippen molar-refractivity contribution >= 4 is 21.7 Å². The topological polar surface area (TPSA) is 17.1 Å². The van der Waals surface area contributed by atoms with Gasteiger partial charge >= 0.3 is 6.18 Å². The Kier molecular flexibility index (Phi) is 4.46. The van der Waals surface area contributed by atoms with Crippen molar-refractivity contribution in [1.29, 1.82) is 0 Å². The lowest BCUT2D eigenvalue weighted by Gasteiger charge is -2.09. The molecule has 0 fully saturated rings. The number of carbonyl (C=O) groups excluding carboxylic acids is 1. The molecule has 0 N–H and O–H groups in total. The van der Waals surface area contributed by atoms with Crippen molar-refractivity contribution < 1.29 is 22.4 Å². The number of halogens is 5. The van der Waals surface area contributed by atoms with Crippen LogP contribution in [0.15, 0.2) is 46.9 Å². The van der Waals surface area contributed by atoms with E-state index in [1.54, 1.807) is 24.3 Å². The fourth-order valence-electron chi connectivity index (χ4n) is 1.85. The van der Waals surface area contributed by atoms with Gasteiger partial charge in [0.2, 0.25) is 0 Å². The molecule has 0 bridgehead atoms. The van der Waals surface area contributed by atoms with E-state index < -0.39 is 23.3 Å². The van der Waals surface area contributed by atoms with E-state index in [1.165, 1.54) is 0 Å². The molecule has 0 aliphatic heterocycles. The first-order valence-electron chi connectivity index (χ1n) is 5.92. The third-order valence-corrected chi connectivity index (χ3v) is 3.34. The van der Waals surface area contributed by atoms with Gasteiger partial charge in [-0.05, 0) is 29.8 Å². The van der Waals surface area contributed by atoms with Gasteiger partial charge in [0.05, 0.1) is 5.56 Å². The summed E-state index contributed by atoms with van der Waals surface area (Å²) in [6, 6.07) is 9.16. The van der Waals surface area contributed by atoms with Gasteiger partial charge in [-0.25, -0.2) is 4.39 Å². The third-order valence-electron chi connectivity index (χ3n) is 2.85. The van der Waals surface area contributed by atoms with Crippen molar-refractivity contribution in [3.8, 4) is 0 Å². The molecule has 0 atom stereocenters. The van der Waals surface area contributed by atoms with Gasteiger partial charge in [0, 0.05) is 16.5 Å². The first-order valence-corrected chi connectivity index (χ1v) is 6.71. The second kappa shape index (κ2) is 5.97. The van der Waals surface area contributed by atoms with Crippen LogP contribution in [0.3, 0.4) is 0 Å². The van der Waals surface area contributed by atoms with Gasteiger partial charge in [-0.2, -0.15) is 13.2 Å². The molecule has 0 saturated carbocycles. The first-order chi connectivity index (χ1) is 9.77. The summed E-state index contributed by atoms with van der Waals surface area (Å²) >= 11 is 3.25. The van der Waals surface area contributed by atoms with Crippen molar-refractivity contribution in [3.05, 3.63) is 69.4 Å². The number of hydrogen-bond donors (Lipinski definition) is 0. The van der Waals surface area contributed by atoms with Crippen molar-refractivity contribution in [2.45, 2.75) is 12.6 Å². The predicted molar refractivity (Wildman–Crippen MR) is 73.6 cm³/mol. The summed E-state index contributed by atoms with van der Waals surface area (Å²) in [6.07, 6.45) is -4.78. The molecule has 110 valence electrons. The largest absolute Gasteiger partial charge is 0.419 e. The lowest BCUT2D eigenvalue weighted by molar-refractivity contribution is -0.140. The number of ketones is 1. The average Bonchev–Trinajstić information content (AvgIpc) is 2.37. The molecule has 2 aromatic rings. The fourth-order valence-corrected chi connectivity index (χ4v) is 2.30. The lowest BCUT2D eigenvalue weighted by Crippen LogP contribution is -2.10. The van der Waals surface area contributed by atoms with Gasteiger partial charge in [0.1, 0.15) is 5.82 Å². The highest BCUT2D eigenvalue weighted by atomic mass is 79.9. The summed E-state index contributed by atoms with van der Waals surface area (Å²) < 4.78 is 51.5. The number of hydrogen-bond acceptors (Lipinski definition) is 1. The molecule has 2 rings (SSSR count). The summed E-state index contributed by atoms with van der Waals surface area (Å²) in [5.41, 5.74) is -0.767. The minimum atomic E-state index is -4.77. The Morgan fingerprint density at radius 2 is 1.81 bits per heavy atom. The standard InChI is InChI=1S/C15H9BrF4O/c16-11-3-1-2-9(6-11)7-14(21)10-4-5-12(13(17)8-10)15(18,19)20/h1-6,8H,7H2. The Morgan fingerprint density at radius 1 is 1.10 bits per heavy atom. The Balaban J connectivity index is 2.23. The second-order valence-corrected chi connectivity index (χ2v) is 5.34. The van der Waals surface area contributed by atoms with Gasteiger partial charge in [-0.1, -0.05) is 34.1 Å². The van der Waals surface area contributed by atoms with E-state index in [0.29, 0.717) is 17.7 Å². The average molecular weight is 361 g/mol. The fraction of sp³-hybridized carbons (Fsp3) is 0.133. The quantitative estimate of drug-likeness (QED) is 0.554. The van der Waals surface area contributed by atoms with Crippen LogP contribution in [-0.4, -0.2) is 5.78 Å². The molecule has 0 aromatic heterocycles. The summed E-state index contributed by atoms with van der Waals surface area (Å²) in [4.78, 5) is 12.0. The molecule has 0 aliphatic carbocycles. The molecular formula is C15H9BrF4O. The molecule has 0 radical (unpaired) electrons. The van der Waals surface area contributed by atoms with Gasteiger partial charge in [-0.3, -0.25) is 4.79 Å². The monoisotopic (exact) mass is 360 g/mol. The molecule has 0 spiro atoms. The van der Waals surface area contributed by atoms with Crippen LogP contribution >= 0.6 is 15.9 Å². The molecule has 1 nitrogen and oxygen atoms in total. The third kappa shape index (κ3) is 3.91. The van der Waals surface area contributed by atoms with Crippen LogP contribution in [0.1, 0.15) is 21.5 Å². The number of alkyl halides is 3. The molecule has 21 heavy (non-hydrogen) atoms. The minimum Gasteiger partial charge on any atom is -0.294 e. The maximum atomic E-state index is 13.4. The van der Waals surface area contributed by atoms with E-state index in [2.05, 4.69) is 15.9 Å². The molecule has 6 heteroatoms. The maximum absolute atomic E-state index is 13.4. The Hall–Kier alpha value is -1.69. The number of Topliss-reactive ketones (excluding diaryl/α,β-unsaturated/α-hetero) is 1. The van der Waals surface area contributed by atoms with Crippen molar-refractivity contribution in [1.82, 2.24) is 0 Å². The maximum Gasteiger partial charge on any atom is 0.419 e. The summed E-state index contributed by atoms with van der Waals surface area (Å²) in [5, 5.41) is 0. The van der Waals surface area contributed by atoms with E-state index in [0.717, 1.165) is 10.5 Å². The molecule has 0 saturated heterocycles. The van der Waals surface area contributed by atoms with Gasteiger partial charge in [0.25, 0.3) is 0 Å². The highest BCUT2D eigenvalue weighted by Gasteiger charge is 2.34. The van der Waals surface area contributed by atoms with Crippen LogP contribution in [0.25, 0.3) is 0 Å². The van der Waals surface area contributed by atoms with Crippen molar-refractivity contribution in [2.75, 3.05) is 0 Å². The lowest BCUT2D eigenvalue weighted by atomic mass is 10.0.